The van der Waals surface area contributed by atoms with Gasteiger partial charge in [0.25, 0.3) is 0 Å². The standard InChI is InChI=1S/C14H16BrF3O4/c1-13(2)12(15)11(19)7-4-9(20-3)10(5-8(7)22-13)21-6-14(16,17)18/h4-5,11-12,19H,6H2,1-3H3/t11-,12+/m0/s1. The second-order valence-corrected chi connectivity index (χ2v) is 6.48. The van der Waals surface area contributed by atoms with Gasteiger partial charge in [0.05, 0.1) is 18.0 Å². The first-order valence-corrected chi connectivity index (χ1v) is 7.39. The van der Waals surface area contributed by atoms with Gasteiger partial charge in [0, 0.05) is 11.6 Å². The highest BCUT2D eigenvalue weighted by atomic mass is 79.9. The van der Waals surface area contributed by atoms with E-state index in [1.165, 1.54) is 19.2 Å². The monoisotopic (exact) mass is 384 g/mol. The summed E-state index contributed by atoms with van der Waals surface area (Å²) in [4.78, 5) is -0.376. The lowest BCUT2D eigenvalue weighted by Gasteiger charge is -2.40. The van der Waals surface area contributed by atoms with Crippen molar-refractivity contribution in [3.63, 3.8) is 0 Å². The molecule has 1 aromatic rings. The van der Waals surface area contributed by atoms with Crippen molar-refractivity contribution in [3.8, 4) is 17.2 Å². The molecule has 0 bridgehead atoms. The SMILES string of the molecule is COc1cc2c(cc1OCC(F)(F)F)OC(C)(C)[C@H](Br)[C@H]2O. The molecule has 1 aromatic carbocycles. The summed E-state index contributed by atoms with van der Waals surface area (Å²) >= 11 is 3.37. The molecule has 124 valence electrons. The van der Waals surface area contributed by atoms with Crippen LogP contribution < -0.4 is 14.2 Å². The van der Waals surface area contributed by atoms with Crippen molar-refractivity contribution >= 4 is 15.9 Å². The van der Waals surface area contributed by atoms with E-state index < -0.39 is 24.5 Å². The van der Waals surface area contributed by atoms with Gasteiger partial charge in [-0.25, -0.2) is 0 Å². The summed E-state index contributed by atoms with van der Waals surface area (Å²) in [5.74, 6) is 0.283. The van der Waals surface area contributed by atoms with Crippen LogP contribution >= 0.6 is 15.9 Å². The Bertz CT molecular complexity index is 560. The Balaban J connectivity index is 2.39. The summed E-state index contributed by atoms with van der Waals surface area (Å²) in [6.45, 7) is 2.09. The first kappa shape index (κ1) is 17.2. The average Bonchev–Trinajstić information content (AvgIpc) is 2.41. The maximum atomic E-state index is 12.3. The van der Waals surface area contributed by atoms with Gasteiger partial charge >= 0.3 is 6.18 Å². The van der Waals surface area contributed by atoms with Crippen LogP contribution in [-0.4, -0.2) is 35.4 Å². The molecule has 1 N–H and O–H groups in total. The fourth-order valence-electron chi connectivity index (χ4n) is 2.19. The number of fused-ring (bicyclic) bond motifs is 1. The van der Waals surface area contributed by atoms with Gasteiger partial charge in [-0.1, -0.05) is 15.9 Å². The number of methoxy groups -OCH3 is 1. The van der Waals surface area contributed by atoms with E-state index in [0.717, 1.165) is 0 Å². The van der Waals surface area contributed by atoms with Gasteiger partial charge in [-0.2, -0.15) is 13.2 Å². The van der Waals surface area contributed by atoms with Crippen LogP contribution in [0.15, 0.2) is 12.1 Å². The minimum Gasteiger partial charge on any atom is -0.493 e. The maximum absolute atomic E-state index is 12.3. The zero-order chi connectivity index (χ0) is 16.7. The van der Waals surface area contributed by atoms with Crippen molar-refractivity contribution in [1.82, 2.24) is 0 Å². The van der Waals surface area contributed by atoms with Gasteiger partial charge in [0.2, 0.25) is 0 Å². The van der Waals surface area contributed by atoms with Crippen LogP contribution in [0.3, 0.4) is 0 Å². The van der Waals surface area contributed by atoms with Gasteiger partial charge in [-0.15, -0.1) is 0 Å². The van der Waals surface area contributed by atoms with Crippen molar-refractivity contribution in [2.45, 2.75) is 36.6 Å². The third-order valence-electron chi connectivity index (χ3n) is 3.32. The topological polar surface area (TPSA) is 47.9 Å². The van der Waals surface area contributed by atoms with Crippen LogP contribution in [0, 0.1) is 0 Å². The van der Waals surface area contributed by atoms with Crippen molar-refractivity contribution in [1.29, 1.82) is 0 Å². The van der Waals surface area contributed by atoms with Crippen molar-refractivity contribution < 1.29 is 32.5 Å². The molecule has 2 rings (SSSR count). The highest BCUT2D eigenvalue weighted by Crippen LogP contribution is 2.47. The zero-order valence-corrected chi connectivity index (χ0v) is 13.8. The number of ether oxygens (including phenoxy) is 3. The van der Waals surface area contributed by atoms with E-state index in [1.807, 2.05) is 0 Å². The number of halogens is 4. The molecule has 0 spiro atoms. The minimum absolute atomic E-state index is 0.0883. The summed E-state index contributed by atoms with van der Waals surface area (Å²) in [6, 6.07) is 2.74. The molecule has 0 aliphatic carbocycles. The lowest BCUT2D eigenvalue weighted by molar-refractivity contribution is -0.153. The minimum atomic E-state index is -4.46. The van der Waals surface area contributed by atoms with Crippen LogP contribution in [0.4, 0.5) is 13.2 Å². The predicted molar refractivity (Wildman–Crippen MR) is 76.9 cm³/mol. The van der Waals surface area contributed by atoms with Crippen molar-refractivity contribution in [2.24, 2.45) is 0 Å². The predicted octanol–water partition coefficient (Wildman–Crippen LogP) is 3.60. The number of benzene rings is 1. The smallest absolute Gasteiger partial charge is 0.422 e. The van der Waals surface area contributed by atoms with E-state index >= 15 is 0 Å². The molecule has 1 aliphatic heterocycles. The molecule has 0 saturated heterocycles. The molecule has 1 aliphatic rings. The maximum Gasteiger partial charge on any atom is 0.422 e. The van der Waals surface area contributed by atoms with Crippen molar-refractivity contribution in [3.05, 3.63) is 17.7 Å². The van der Waals surface area contributed by atoms with Crippen LogP contribution in [0.5, 0.6) is 17.2 Å². The molecule has 1 heterocycles. The van der Waals surface area contributed by atoms with E-state index in [2.05, 4.69) is 15.9 Å². The molecule has 22 heavy (non-hydrogen) atoms. The van der Waals surface area contributed by atoms with Crippen molar-refractivity contribution in [2.75, 3.05) is 13.7 Å². The molecule has 4 nitrogen and oxygen atoms in total. The first-order valence-electron chi connectivity index (χ1n) is 6.48. The second-order valence-electron chi connectivity index (χ2n) is 5.50. The number of aliphatic hydroxyl groups excluding tert-OH is 1. The molecule has 0 fully saturated rings. The van der Waals surface area contributed by atoms with Crippen LogP contribution in [-0.2, 0) is 0 Å². The van der Waals surface area contributed by atoms with Crippen LogP contribution in [0.1, 0.15) is 25.5 Å². The number of hydrogen-bond acceptors (Lipinski definition) is 4. The van der Waals surface area contributed by atoms with E-state index in [1.54, 1.807) is 13.8 Å². The zero-order valence-electron chi connectivity index (χ0n) is 12.2. The van der Waals surface area contributed by atoms with E-state index in [0.29, 0.717) is 5.56 Å². The average molecular weight is 385 g/mol. The van der Waals surface area contributed by atoms with Gasteiger partial charge in [-0.3, -0.25) is 0 Å². The number of rotatable bonds is 3. The summed E-state index contributed by atoms with van der Waals surface area (Å²) in [5.41, 5.74) is -0.306. The lowest BCUT2D eigenvalue weighted by Crippen LogP contribution is -2.45. The van der Waals surface area contributed by atoms with E-state index in [-0.39, 0.29) is 22.1 Å². The Hall–Kier alpha value is -1.15. The summed E-state index contributed by atoms with van der Waals surface area (Å²) in [5, 5.41) is 10.3. The van der Waals surface area contributed by atoms with Crippen LogP contribution in [0.25, 0.3) is 0 Å². The lowest BCUT2D eigenvalue weighted by atomic mass is 9.91. The fourth-order valence-corrected chi connectivity index (χ4v) is 2.56. The third kappa shape index (κ3) is 3.43. The number of hydrogen-bond donors (Lipinski definition) is 1. The van der Waals surface area contributed by atoms with Gasteiger partial charge in [0.1, 0.15) is 11.4 Å². The molecule has 0 amide bonds. The number of aliphatic hydroxyl groups is 1. The first-order chi connectivity index (χ1) is 10.0. The molecule has 0 radical (unpaired) electrons. The molecule has 0 unspecified atom stereocenters. The third-order valence-corrected chi connectivity index (χ3v) is 4.92. The van der Waals surface area contributed by atoms with E-state index in [9.17, 15) is 18.3 Å². The molecule has 0 saturated carbocycles. The molecule has 8 heteroatoms. The Labute approximate surface area is 134 Å². The molecule has 2 atom stereocenters. The Morgan fingerprint density at radius 3 is 2.50 bits per heavy atom. The van der Waals surface area contributed by atoms with Crippen LogP contribution in [0.2, 0.25) is 0 Å². The highest BCUT2D eigenvalue weighted by Gasteiger charge is 2.42. The molecule has 0 aromatic heterocycles. The Morgan fingerprint density at radius 2 is 1.95 bits per heavy atom. The van der Waals surface area contributed by atoms with Gasteiger partial charge < -0.3 is 19.3 Å². The normalized spacial score (nSPS) is 23.5. The van der Waals surface area contributed by atoms with Gasteiger partial charge in [0.15, 0.2) is 18.1 Å². The quantitative estimate of drug-likeness (QED) is 0.808. The fraction of sp³-hybridized carbons (Fsp3) is 0.571. The summed E-state index contributed by atoms with van der Waals surface area (Å²) < 4.78 is 52.5. The highest BCUT2D eigenvalue weighted by molar-refractivity contribution is 9.09. The summed E-state index contributed by atoms with van der Waals surface area (Å²) in [7, 11) is 1.31. The largest absolute Gasteiger partial charge is 0.493 e. The molecular weight excluding hydrogens is 369 g/mol. The second kappa shape index (κ2) is 5.81. The Kier molecular flexibility index (Phi) is 4.54. The Morgan fingerprint density at radius 1 is 1.32 bits per heavy atom. The molecular formula is C14H16BrF3O4. The van der Waals surface area contributed by atoms with E-state index in [4.69, 9.17) is 14.2 Å². The summed E-state index contributed by atoms with van der Waals surface area (Å²) in [6.07, 6.45) is -5.34. The van der Waals surface area contributed by atoms with Gasteiger partial charge in [-0.05, 0) is 19.9 Å². The number of alkyl halides is 4.